The van der Waals surface area contributed by atoms with Gasteiger partial charge in [-0.2, -0.15) is 0 Å². The fourth-order valence-electron chi connectivity index (χ4n) is 2.77. The first-order valence-corrected chi connectivity index (χ1v) is 7.16. The van der Waals surface area contributed by atoms with Crippen LogP contribution in [-0.2, 0) is 13.5 Å². The van der Waals surface area contributed by atoms with Gasteiger partial charge in [0.15, 0.2) is 0 Å². The summed E-state index contributed by atoms with van der Waals surface area (Å²) in [6.45, 7) is 2.05. The molecule has 1 N–H and O–H groups in total. The van der Waals surface area contributed by atoms with E-state index in [2.05, 4.69) is 39.3 Å². The molecule has 22 heavy (non-hydrogen) atoms. The van der Waals surface area contributed by atoms with Gasteiger partial charge in [0.05, 0.1) is 19.1 Å². The summed E-state index contributed by atoms with van der Waals surface area (Å²) in [4.78, 5) is 7.37. The third-order valence-electron chi connectivity index (χ3n) is 3.78. The summed E-state index contributed by atoms with van der Waals surface area (Å²) >= 11 is 0. The minimum Gasteiger partial charge on any atom is -0.496 e. The summed E-state index contributed by atoms with van der Waals surface area (Å²) in [6, 6.07) is 6.19. The van der Waals surface area contributed by atoms with Crippen LogP contribution in [0.3, 0.4) is 0 Å². The fraction of sp³-hybridized carbons (Fsp3) is 0.312. The topological polar surface area (TPSA) is 68.6 Å². The van der Waals surface area contributed by atoms with Crippen LogP contribution >= 0.6 is 0 Å². The lowest BCUT2D eigenvalue weighted by atomic mass is 9.90. The van der Waals surface area contributed by atoms with Crippen molar-refractivity contribution >= 4 is 0 Å². The molecule has 0 amide bonds. The molecule has 6 nitrogen and oxygen atoms in total. The first-order valence-electron chi connectivity index (χ1n) is 7.16. The molecule has 3 rings (SSSR count). The average Bonchev–Trinajstić information content (AvgIpc) is 3.16. The highest BCUT2D eigenvalue weighted by molar-refractivity contribution is 5.46. The minimum absolute atomic E-state index is 0.0917. The first kappa shape index (κ1) is 14.3. The van der Waals surface area contributed by atoms with Crippen molar-refractivity contribution in [1.29, 1.82) is 0 Å². The molecule has 114 valence electrons. The Bertz CT molecular complexity index is 748. The molecule has 1 unspecified atom stereocenters. The Balaban J connectivity index is 2.04. The number of nitrogens with zero attached hydrogens (tertiary/aromatic N) is 4. The number of ether oxygens (including phenoxy) is 1. The summed E-state index contributed by atoms with van der Waals surface area (Å²) in [6.07, 6.45) is 6.21. The van der Waals surface area contributed by atoms with Gasteiger partial charge in [-0.3, -0.25) is 4.68 Å². The van der Waals surface area contributed by atoms with Crippen LogP contribution in [0.5, 0.6) is 5.75 Å². The zero-order valence-corrected chi connectivity index (χ0v) is 12.9. The van der Waals surface area contributed by atoms with Crippen LogP contribution in [0.2, 0.25) is 0 Å². The second-order valence-electron chi connectivity index (χ2n) is 5.34. The number of nitrogens with one attached hydrogen (secondary N) is 1. The average molecular weight is 297 g/mol. The Kier molecular flexibility index (Phi) is 3.91. The van der Waals surface area contributed by atoms with Gasteiger partial charge in [-0.05, 0) is 12.5 Å². The zero-order chi connectivity index (χ0) is 15.5. The van der Waals surface area contributed by atoms with Gasteiger partial charge in [0.1, 0.15) is 5.75 Å². The number of rotatable bonds is 5. The number of imidazole rings is 1. The van der Waals surface area contributed by atoms with Crippen LogP contribution in [0.25, 0.3) is 0 Å². The maximum Gasteiger partial charge on any atom is 0.125 e. The maximum absolute atomic E-state index is 5.62. The first-order chi connectivity index (χ1) is 10.7. The summed E-state index contributed by atoms with van der Waals surface area (Å²) in [5.74, 6) is 1.00. The van der Waals surface area contributed by atoms with Gasteiger partial charge in [0.2, 0.25) is 0 Å². The molecule has 0 spiro atoms. The fourth-order valence-corrected chi connectivity index (χ4v) is 2.77. The third kappa shape index (κ3) is 2.72. The van der Waals surface area contributed by atoms with Crippen molar-refractivity contribution in [2.75, 3.05) is 7.11 Å². The number of aromatic nitrogens is 5. The van der Waals surface area contributed by atoms with Gasteiger partial charge in [0, 0.05) is 43.0 Å². The van der Waals surface area contributed by atoms with E-state index in [0.29, 0.717) is 0 Å². The lowest BCUT2D eigenvalue weighted by Crippen LogP contribution is -2.08. The van der Waals surface area contributed by atoms with Crippen molar-refractivity contribution in [2.45, 2.75) is 19.3 Å². The van der Waals surface area contributed by atoms with Crippen molar-refractivity contribution < 1.29 is 4.74 Å². The van der Waals surface area contributed by atoms with Crippen LogP contribution in [0.1, 0.15) is 28.4 Å². The molecule has 0 saturated heterocycles. The maximum atomic E-state index is 5.62. The summed E-state index contributed by atoms with van der Waals surface area (Å²) in [5, 5.41) is 8.22. The van der Waals surface area contributed by atoms with Crippen molar-refractivity contribution in [3.8, 4) is 5.75 Å². The van der Waals surface area contributed by atoms with Crippen molar-refractivity contribution in [2.24, 2.45) is 7.05 Å². The second-order valence-corrected chi connectivity index (χ2v) is 5.34. The van der Waals surface area contributed by atoms with Gasteiger partial charge < -0.3 is 9.72 Å². The zero-order valence-electron chi connectivity index (χ0n) is 12.9. The molecule has 0 radical (unpaired) electrons. The van der Waals surface area contributed by atoms with E-state index in [4.69, 9.17) is 4.74 Å². The molecule has 3 aromatic rings. The highest BCUT2D eigenvalue weighted by atomic mass is 16.5. The standard InChI is InChI=1S/C16H19N5O/c1-11-5-4-6-13(16(11)22-3)14(15-8-17-10-18-15)7-12-9-21(2)20-19-12/h4-6,8-10,14H,7H2,1-3H3,(H,17,18). The van der Waals surface area contributed by atoms with Gasteiger partial charge in [-0.1, -0.05) is 23.4 Å². The summed E-state index contributed by atoms with van der Waals surface area (Å²) in [5.41, 5.74) is 4.21. The molecule has 2 aromatic heterocycles. The van der Waals surface area contributed by atoms with E-state index in [9.17, 15) is 0 Å². The number of hydrogen-bond donors (Lipinski definition) is 1. The molecule has 0 fully saturated rings. The molecule has 0 bridgehead atoms. The molecule has 0 saturated carbocycles. The van der Waals surface area contributed by atoms with Crippen LogP contribution < -0.4 is 4.74 Å². The molecular weight excluding hydrogens is 278 g/mol. The van der Waals surface area contributed by atoms with Crippen LogP contribution in [0.15, 0.2) is 36.9 Å². The Morgan fingerprint density at radius 3 is 2.86 bits per heavy atom. The molecule has 1 atom stereocenters. The van der Waals surface area contributed by atoms with Gasteiger partial charge >= 0.3 is 0 Å². The number of benzene rings is 1. The Hall–Kier alpha value is -2.63. The van der Waals surface area contributed by atoms with Crippen LogP contribution in [-0.4, -0.2) is 32.1 Å². The highest BCUT2D eigenvalue weighted by Gasteiger charge is 2.22. The van der Waals surface area contributed by atoms with E-state index < -0.39 is 0 Å². The Morgan fingerprint density at radius 2 is 2.23 bits per heavy atom. The van der Waals surface area contributed by atoms with E-state index in [1.807, 2.05) is 25.5 Å². The quantitative estimate of drug-likeness (QED) is 0.784. The van der Waals surface area contributed by atoms with Gasteiger partial charge in [-0.25, -0.2) is 4.98 Å². The predicted molar refractivity (Wildman–Crippen MR) is 82.9 cm³/mol. The van der Waals surface area contributed by atoms with Gasteiger partial charge in [-0.15, -0.1) is 5.10 Å². The van der Waals surface area contributed by atoms with Crippen molar-refractivity contribution in [3.63, 3.8) is 0 Å². The minimum atomic E-state index is 0.0917. The predicted octanol–water partition coefficient (Wildman–Crippen LogP) is 2.23. The molecule has 0 aliphatic carbocycles. The lowest BCUT2D eigenvalue weighted by Gasteiger charge is -2.19. The monoisotopic (exact) mass is 297 g/mol. The lowest BCUT2D eigenvalue weighted by molar-refractivity contribution is 0.404. The number of methoxy groups -OCH3 is 1. The largest absolute Gasteiger partial charge is 0.496 e. The van der Waals surface area contributed by atoms with E-state index >= 15 is 0 Å². The summed E-state index contributed by atoms with van der Waals surface area (Å²) in [7, 11) is 3.58. The number of aryl methyl sites for hydroxylation is 2. The molecule has 6 heteroatoms. The Morgan fingerprint density at radius 1 is 1.36 bits per heavy atom. The van der Waals surface area contributed by atoms with Crippen molar-refractivity contribution in [1.82, 2.24) is 25.0 Å². The van der Waals surface area contributed by atoms with E-state index in [-0.39, 0.29) is 5.92 Å². The van der Waals surface area contributed by atoms with Crippen molar-refractivity contribution in [3.05, 3.63) is 59.4 Å². The third-order valence-corrected chi connectivity index (χ3v) is 3.78. The smallest absolute Gasteiger partial charge is 0.125 e. The molecule has 1 aromatic carbocycles. The van der Waals surface area contributed by atoms with Crippen LogP contribution in [0.4, 0.5) is 0 Å². The normalized spacial score (nSPS) is 12.3. The van der Waals surface area contributed by atoms with E-state index in [1.165, 1.54) is 0 Å². The van der Waals surface area contributed by atoms with E-state index in [0.717, 1.165) is 34.7 Å². The highest BCUT2D eigenvalue weighted by Crippen LogP contribution is 2.35. The van der Waals surface area contributed by atoms with E-state index in [1.54, 1.807) is 18.1 Å². The molecule has 2 heterocycles. The number of aromatic amines is 1. The SMILES string of the molecule is COc1c(C)cccc1C(Cc1cn(C)nn1)c1cnc[nH]1. The molecular formula is C16H19N5O. The second kappa shape index (κ2) is 6.01. The number of hydrogen-bond acceptors (Lipinski definition) is 4. The van der Waals surface area contributed by atoms with Gasteiger partial charge in [0.25, 0.3) is 0 Å². The van der Waals surface area contributed by atoms with Crippen LogP contribution in [0, 0.1) is 6.92 Å². The molecule has 0 aliphatic heterocycles. The number of para-hydroxylation sites is 1. The Labute approximate surface area is 129 Å². The number of H-pyrrole nitrogens is 1. The summed E-state index contributed by atoms with van der Waals surface area (Å²) < 4.78 is 7.34. The molecule has 0 aliphatic rings.